The number of hydrogen-bond donors (Lipinski definition) is 2. The van der Waals surface area contributed by atoms with Gasteiger partial charge >= 0.3 is 0 Å². The standard InChI is InChI=1S/C16H32N2O/c1-6-8-16(9-7-10-17-12-16)14(19)18-11-15(4,5)13(2)3/h13,17H,6-12H2,1-5H3,(H,18,19). The van der Waals surface area contributed by atoms with Crippen LogP contribution in [0.2, 0.25) is 0 Å². The van der Waals surface area contributed by atoms with Crippen LogP contribution in [0.5, 0.6) is 0 Å². The molecule has 3 nitrogen and oxygen atoms in total. The maximum atomic E-state index is 12.6. The third kappa shape index (κ3) is 4.20. The van der Waals surface area contributed by atoms with Crippen molar-refractivity contribution in [2.24, 2.45) is 16.7 Å². The van der Waals surface area contributed by atoms with Crippen molar-refractivity contribution in [2.45, 2.75) is 60.3 Å². The monoisotopic (exact) mass is 268 g/mol. The van der Waals surface area contributed by atoms with E-state index in [2.05, 4.69) is 45.3 Å². The van der Waals surface area contributed by atoms with Crippen LogP contribution in [0, 0.1) is 16.7 Å². The van der Waals surface area contributed by atoms with E-state index in [1.807, 2.05) is 0 Å². The van der Waals surface area contributed by atoms with Crippen LogP contribution in [0.25, 0.3) is 0 Å². The molecule has 1 heterocycles. The molecule has 1 unspecified atom stereocenters. The van der Waals surface area contributed by atoms with Crippen molar-refractivity contribution in [1.29, 1.82) is 0 Å². The molecule has 1 amide bonds. The molecule has 1 aliphatic heterocycles. The smallest absolute Gasteiger partial charge is 0.227 e. The van der Waals surface area contributed by atoms with Gasteiger partial charge in [-0.05, 0) is 37.1 Å². The third-order valence-electron chi connectivity index (χ3n) is 4.95. The van der Waals surface area contributed by atoms with Crippen LogP contribution < -0.4 is 10.6 Å². The van der Waals surface area contributed by atoms with Crippen LogP contribution in [0.15, 0.2) is 0 Å². The minimum absolute atomic E-state index is 0.158. The molecule has 1 saturated heterocycles. The fourth-order valence-electron chi connectivity index (χ4n) is 2.67. The normalized spacial score (nSPS) is 24.5. The second-order valence-electron chi connectivity index (χ2n) is 7.14. The molecular formula is C16H32N2O. The summed E-state index contributed by atoms with van der Waals surface area (Å²) >= 11 is 0. The number of amides is 1. The summed E-state index contributed by atoms with van der Waals surface area (Å²) < 4.78 is 0. The average molecular weight is 268 g/mol. The quantitative estimate of drug-likeness (QED) is 0.777. The van der Waals surface area contributed by atoms with Crippen molar-refractivity contribution in [1.82, 2.24) is 10.6 Å². The summed E-state index contributed by atoms with van der Waals surface area (Å²) in [4.78, 5) is 12.6. The Kier molecular flexibility index (Phi) is 5.84. The minimum atomic E-state index is -0.167. The second kappa shape index (κ2) is 6.74. The van der Waals surface area contributed by atoms with Gasteiger partial charge in [0.15, 0.2) is 0 Å². The molecule has 0 aliphatic carbocycles. The molecule has 0 bridgehead atoms. The molecule has 0 radical (unpaired) electrons. The molecule has 3 heteroatoms. The lowest BCUT2D eigenvalue weighted by atomic mass is 9.75. The SMILES string of the molecule is CCCC1(C(=O)NCC(C)(C)C(C)C)CCCNC1. The molecule has 2 N–H and O–H groups in total. The van der Waals surface area contributed by atoms with Gasteiger partial charge in [-0.1, -0.05) is 41.0 Å². The molecule has 1 atom stereocenters. The highest BCUT2D eigenvalue weighted by Gasteiger charge is 2.39. The molecule has 0 spiro atoms. The van der Waals surface area contributed by atoms with Gasteiger partial charge in [0.1, 0.15) is 0 Å². The van der Waals surface area contributed by atoms with E-state index in [-0.39, 0.29) is 16.7 Å². The van der Waals surface area contributed by atoms with E-state index in [9.17, 15) is 4.79 Å². The molecule has 1 aliphatic rings. The second-order valence-corrected chi connectivity index (χ2v) is 7.14. The van der Waals surface area contributed by atoms with Gasteiger partial charge in [0.25, 0.3) is 0 Å². The van der Waals surface area contributed by atoms with Crippen molar-refractivity contribution >= 4 is 5.91 Å². The summed E-state index contributed by atoms with van der Waals surface area (Å²) in [6.45, 7) is 13.7. The van der Waals surface area contributed by atoms with E-state index >= 15 is 0 Å². The number of piperidine rings is 1. The van der Waals surface area contributed by atoms with E-state index in [0.29, 0.717) is 5.92 Å². The lowest BCUT2D eigenvalue weighted by Crippen LogP contribution is -2.52. The summed E-state index contributed by atoms with van der Waals surface area (Å²) in [7, 11) is 0. The van der Waals surface area contributed by atoms with Crippen LogP contribution in [0.1, 0.15) is 60.3 Å². The van der Waals surface area contributed by atoms with Gasteiger partial charge < -0.3 is 10.6 Å². The molecule has 0 aromatic rings. The number of carbonyl (C=O) groups is 1. The van der Waals surface area contributed by atoms with E-state index in [1.165, 1.54) is 0 Å². The van der Waals surface area contributed by atoms with Crippen LogP contribution in [0.4, 0.5) is 0 Å². The third-order valence-corrected chi connectivity index (χ3v) is 4.95. The number of nitrogens with one attached hydrogen (secondary N) is 2. The highest BCUT2D eigenvalue weighted by Crippen LogP contribution is 2.32. The lowest BCUT2D eigenvalue weighted by Gasteiger charge is -2.38. The zero-order chi connectivity index (χ0) is 14.5. The maximum Gasteiger partial charge on any atom is 0.227 e. The van der Waals surface area contributed by atoms with Crippen molar-refractivity contribution in [3.8, 4) is 0 Å². The zero-order valence-electron chi connectivity index (χ0n) is 13.4. The van der Waals surface area contributed by atoms with Gasteiger partial charge in [0.05, 0.1) is 5.41 Å². The van der Waals surface area contributed by atoms with Crippen molar-refractivity contribution in [2.75, 3.05) is 19.6 Å². The first kappa shape index (κ1) is 16.5. The van der Waals surface area contributed by atoms with Crippen molar-refractivity contribution in [3.63, 3.8) is 0 Å². The van der Waals surface area contributed by atoms with Crippen LogP contribution in [-0.4, -0.2) is 25.5 Å². The predicted molar refractivity (Wildman–Crippen MR) is 81.1 cm³/mol. The minimum Gasteiger partial charge on any atom is -0.355 e. The lowest BCUT2D eigenvalue weighted by molar-refractivity contribution is -0.133. The predicted octanol–water partition coefficient (Wildman–Crippen LogP) is 2.95. The van der Waals surface area contributed by atoms with Gasteiger partial charge in [-0.3, -0.25) is 4.79 Å². The topological polar surface area (TPSA) is 41.1 Å². The Bertz CT molecular complexity index is 286. The molecule has 19 heavy (non-hydrogen) atoms. The highest BCUT2D eigenvalue weighted by molar-refractivity contribution is 5.83. The Labute approximate surface area is 118 Å². The molecule has 0 saturated carbocycles. The molecule has 1 fully saturated rings. The number of carbonyl (C=O) groups excluding carboxylic acids is 1. The molecular weight excluding hydrogens is 236 g/mol. The first-order chi connectivity index (χ1) is 8.84. The summed E-state index contributed by atoms with van der Waals surface area (Å²) in [6.07, 6.45) is 4.21. The first-order valence-electron chi connectivity index (χ1n) is 7.83. The molecule has 112 valence electrons. The largest absolute Gasteiger partial charge is 0.355 e. The first-order valence-corrected chi connectivity index (χ1v) is 7.83. The van der Waals surface area contributed by atoms with E-state index in [1.54, 1.807) is 0 Å². The van der Waals surface area contributed by atoms with E-state index in [0.717, 1.165) is 45.3 Å². The Morgan fingerprint density at radius 1 is 1.42 bits per heavy atom. The van der Waals surface area contributed by atoms with Gasteiger partial charge in [-0.15, -0.1) is 0 Å². The fourth-order valence-corrected chi connectivity index (χ4v) is 2.67. The van der Waals surface area contributed by atoms with Gasteiger partial charge in [-0.25, -0.2) is 0 Å². The van der Waals surface area contributed by atoms with E-state index < -0.39 is 0 Å². The summed E-state index contributed by atoms with van der Waals surface area (Å²) in [6, 6.07) is 0. The molecule has 1 rings (SSSR count). The summed E-state index contributed by atoms with van der Waals surface area (Å²) in [5.74, 6) is 0.828. The highest BCUT2D eigenvalue weighted by atomic mass is 16.2. The molecule has 0 aromatic heterocycles. The Hall–Kier alpha value is -0.570. The van der Waals surface area contributed by atoms with E-state index in [4.69, 9.17) is 0 Å². The van der Waals surface area contributed by atoms with Gasteiger partial charge in [-0.2, -0.15) is 0 Å². The van der Waals surface area contributed by atoms with Crippen LogP contribution >= 0.6 is 0 Å². The van der Waals surface area contributed by atoms with Crippen LogP contribution in [-0.2, 0) is 4.79 Å². The fraction of sp³-hybridized carbons (Fsp3) is 0.938. The van der Waals surface area contributed by atoms with Gasteiger partial charge in [0, 0.05) is 13.1 Å². The number of hydrogen-bond acceptors (Lipinski definition) is 2. The van der Waals surface area contributed by atoms with Gasteiger partial charge in [0.2, 0.25) is 5.91 Å². The van der Waals surface area contributed by atoms with Crippen LogP contribution in [0.3, 0.4) is 0 Å². The number of rotatable bonds is 6. The Balaban J connectivity index is 2.63. The van der Waals surface area contributed by atoms with Crippen molar-refractivity contribution < 1.29 is 4.79 Å². The zero-order valence-corrected chi connectivity index (χ0v) is 13.4. The van der Waals surface area contributed by atoms with Crippen molar-refractivity contribution in [3.05, 3.63) is 0 Å². The Morgan fingerprint density at radius 3 is 2.58 bits per heavy atom. The summed E-state index contributed by atoms with van der Waals surface area (Å²) in [5.41, 5.74) is -0.00871. The maximum absolute atomic E-state index is 12.6. The average Bonchev–Trinajstić information content (AvgIpc) is 2.37. The summed E-state index contributed by atoms with van der Waals surface area (Å²) in [5, 5.41) is 6.62. The Morgan fingerprint density at radius 2 is 2.11 bits per heavy atom. The molecule has 0 aromatic carbocycles.